The molecule has 5 nitrogen and oxygen atoms in total. The Morgan fingerprint density at radius 1 is 1.07 bits per heavy atom. The normalized spacial score (nSPS) is 12.2. The highest BCUT2D eigenvalue weighted by atomic mass is 16.5. The minimum Gasteiger partial charge on any atom is -0.491 e. The van der Waals surface area contributed by atoms with E-state index < -0.39 is 0 Å². The largest absolute Gasteiger partial charge is 0.491 e. The van der Waals surface area contributed by atoms with E-state index >= 15 is 0 Å². The van der Waals surface area contributed by atoms with E-state index in [1.165, 1.54) is 12.8 Å². The summed E-state index contributed by atoms with van der Waals surface area (Å²) in [5.41, 5.74) is 4.17. The zero-order chi connectivity index (χ0) is 19.5. The SMILES string of the molecule is CCCC[C@@H](C)Oc1ccc(-c2cnc3[nH]c4cnc(C#N)cc4c3c2)cc1. The van der Waals surface area contributed by atoms with Crippen LogP contribution in [0.2, 0.25) is 0 Å². The van der Waals surface area contributed by atoms with Crippen molar-refractivity contribution in [3.8, 4) is 22.9 Å². The van der Waals surface area contributed by atoms with Crippen LogP contribution in [0.15, 0.2) is 48.8 Å². The predicted octanol–water partition coefficient (Wildman–Crippen LogP) is 5.61. The lowest BCUT2D eigenvalue weighted by atomic mass is 10.1. The Hall–Kier alpha value is -3.39. The molecule has 0 bridgehead atoms. The number of aromatic amines is 1. The summed E-state index contributed by atoms with van der Waals surface area (Å²) in [6.07, 6.45) is 7.19. The molecule has 0 spiro atoms. The number of pyridine rings is 2. The van der Waals surface area contributed by atoms with Gasteiger partial charge in [-0.3, -0.25) is 0 Å². The summed E-state index contributed by atoms with van der Waals surface area (Å²) in [5, 5.41) is 11.1. The lowest BCUT2D eigenvalue weighted by Gasteiger charge is -2.14. The highest BCUT2D eigenvalue weighted by molar-refractivity contribution is 6.06. The zero-order valence-corrected chi connectivity index (χ0v) is 16.1. The van der Waals surface area contributed by atoms with Crippen molar-refractivity contribution in [2.24, 2.45) is 0 Å². The molecule has 0 aliphatic heterocycles. The van der Waals surface area contributed by atoms with Gasteiger partial charge in [0.15, 0.2) is 0 Å². The number of nitriles is 1. The van der Waals surface area contributed by atoms with Gasteiger partial charge in [-0.2, -0.15) is 5.26 Å². The number of hydrogen-bond acceptors (Lipinski definition) is 4. The van der Waals surface area contributed by atoms with Crippen LogP contribution in [0.3, 0.4) is 0 Å². The summed E-state index contributed by atoms with van der Waals surface area (Å²) >= 11 is 0. The molecule has 0 radical (unpaired) electrons. The number of rotatable bonds is 6. The average Bonchev–Trinajstić information content (AvgIpc) is 3.09. The van der Waals surface area contributed by atoms with Crippen molar-refractivity contribution in [3.63, 3.8) is 0 Å². The molecule has 28 heavy (non-hydrogen) atoms. The molecular weight excluding hydrogens is 348 g/mol. The van der Waals surface area contributed by atoms with E-state index in [0.29, 0.717) is 5.69 Å². The van der Waals surface area contributed by atoms with Crippen LogP contribution in [0.1, 0.15) is 38.8 Å². The second-order valence-electron chi connectivity index (χ2n) is 7.07. The molecule has 3 heterocycles. The Kier molecular flexibility index (Phi) is 4.94. The third kappa shape index (κ3) is 3.54. The molecular formula is C23H22N4O. The van der Waals surface area contributed by atoms with Crippen LogP contribution in [-0.2, 0) is 0 Å². The second-order valence-corrected chi connectivity index (χ2v) is 7.07. The highest BCUT2D eigenvalue weighted by Gasteiger charge is 2.10. The first-order chi connectivity index (χ1) is 13.7. The number of fused-ring (bicyclic) bond motifs is 3. The minimum absolute atomic E-state index is 0.220. The summed E-state index contributed by atoms with van der Waals surface area (Å²) < 4.78 is 5.99. The van der Waals surface area contributed by atoms with Gasteiger partial charge in [0.1, 0.15) is 23.2 Å². The summed E-state index contributed by atoms with van der Waals surface area (Å²) in [4.78, 5) is 11.9. The first-order valence-electron chi connectivity index (χ1n) is 9.62. The van der Waals surface area contributed by atoms with Gasteiger partial charge in [-0.25, -0.2) is 9.97 Å². The molecule has 0 amide bonds. The molecule has 3 aromatic heterocycles. The number of benzene rings is 1. The van der Waals surface area contributed by atoms with E-state index in [1.54, 1.807) is 12.3 Å². The monoisotopic (exact) mass is 370 g/mol. The Morgan fingerprint density at radius 2 is 1.89 bits per heavy atom. The number of nitrogens with zero attached hydrogens (tertiary/aromatic N) is 3. The van der Waals surface area contributed by atoms with E-state index in [0.717, 1.165) is 45.2 Å². The number of H-pyrrole nitrogens is 1. The average molecular weight is 370 g/mol. The molecule has 0 aliphatic carbocycles. The van der Waals surface area contributed by atoms with Gasteiger partial charge < -0.3 is 9.72 Å². The highest BCUT2D eigenvalue weighted by Crippen LogP contribution is 2.29. The van der Waals surface area contributed by atoms with E-state index in [4.69, 9.17) is 10.00 Å². The number of aromatic nitrogens is 3. The fourth-order valence-corrected chi connectivity index (χ4v) is 3.40. The molecule has 140 valence electrons. The van der Waals surface area contributed by atoms with Crippen molar-refractivity contribution < 1.29 is 4.74 Å². The lowest BCUT2D eigenvalue weighted by Crippen LogP contribution is -2.11. The van der Waals surface area contributed by atoms with Crippen LogP contribution in [0.5, 0.6) is 5.75 Å². The zero-order valence-electron chi connectivity index (χ0n) is 16.1. The molecule has 0 saturated carbocycles. The topological polar surface area (TPSA) is 74.6 Å². The fraction of sp³-hybridized carbons (Fsp3) is 0.261. The van der Waals surface area contributed by atoms with Crippen molar-refractivity contribution in [1.82, 2.24) is 15.0 Å². The smallest absolute Gasteiger partial charge is 0.141 e. The first-order valence-corrected chi connectivity index (χ1v) is 9.62. The van der Waals surface area contributed by atoms with Gasteiger partial charge in [-0.05, 0) is 43.2 Å². The third-order valence-electron chi connectivity index (χ3n) is 4.94. The molecule has 5 heteroatoms. The maximum atomic E-state index is 9.13. The Labute approximate surface area is 164 Å². The molecule has 0 unspecified atom stereocenters. The van der Waals surface area contributed by atoms with Crippen molar-refractivity contribution >= 4 is 21.9 Å². The number of unbranched alkanes of at least 4 members (excludes halogenated alkanes) is 1. The Morgan fingerprint density at radius 3 is 2.64 bits per heavy atom. The van der Waals surface area contributed by atoms with E-state index in [9.17, 15) is 0 Å². The number of ether oxygens (including phenoxy) is 1. The van der Waals surface area contributed by atoms with Crippen LogP contribution in [0.4, 0.5) is 0 Å². The third-order valence-corrected chi connectivity index (χ3v) is 4.94. The summed E-state index contributed by atoms with van der Waals surface area (Å²) in [6.45, 7) is 4.31. The van der Waals surface area contributed by atoms with Crippen molar-refractivity contribution in [2.45, 2.75) is 39.2 Å². The number of hydrogen-bond donors (Lipinski definition) is 1. The van der Waals surface area contributed by atoms with Crippen LogP contribution in [0.25, 0.3) is 33.1 Å². The predicted molar refractivity (Wildman–Crippen MR) is 111 cm³/mol. The van der Waals surface area contributed by atoms with Gasteiger partial charge in [0.25, 0.3) is 0 Å². The Bertz CT molecular complexity index is 1160. The first kappa shape index (κ1) is 18.0. The molecule has 0 aliphatic rings. The van der Waals surface area contributed by atoms with Crippen molar-refractivity contribution in [2.75, 3.05) is 0 Å². The molecule has 1 N–H and O–H groups in total. The molecule has 1 aromatic carbocycles. The maximum absolute atomic E-state index is 9.13. The van der Waals surface area contributed by atoms with Crippen LogP contribution in [-0.4, -0.2) is 21.1 Å². The van der Waals surface area contributed by atoms with Gasteiger partial charge in [-0.1, -0.05) is 31.9 Å². The van der Waals surface area contributed by atoms with Crippen LogP contribution < -0.4 is 4.74 Å². The lowest BCUT2D eigenvalue weighted by molar-refractivity contribution is 0.207. The summed E-state index contributed by atoms with van der Waals surface area (Å²) in [5.74, 6) is 0.887. The molecule has 0 saturated heterocycles. The number of nitrogens with one attached hydrogen (secondary N) is 1. The maximum Gasteiger partial charge on any atom is 0.141 e. The van der Waals surface area contributed by atoms with Crippen LogP contribution in [0, 0.1) is 11.3 Å². The van der Waals surface area contributed by atoms with Crippen molar-refractivity contribution in [3.05, 3.63) is 54.5 Å². The van der Waals surface area contributed by atoms with E-state index in [1.807, 2.05) is 18.3 Å². The molecule has 1 atom stereocenters. The van der Waals surface area contributed by atoms with Gasteiger partial charge >= 0.3 is 0 Å². The second kappa shape index (κ2) is 7.69. The van der Waals surface area contributed by atoms with E-state index in [2.05, 4.69) is 53.1 Å². The molecule has 4 rings (SSSR count). The quantitative estimate of drug-likeness (QED) is 0.479. The van der Waals surface area contributed by atoms with Crippen molar-refractivity contribution in [1.29, 1.82) is 5.26 Å². The Balaban J connectivity index is 1.63. The molecule has 4 aromatic rings. The van der Waals surface area contributed by atoms with E-state index in [-0.39, 0.29) is 6.10 Å². The standard InChI is InChI=1S/C23H22N4O/c1-3-4-5-15(2)28-19-8-6-16(7-9-19)17-10-21-20-11-18(12-24)25-14-22(20)27-23(21)26-13-17/h6-11,13-15H,3-5H2,1-2H3,(H,26,27)/t15-/m1/s1. The van der Waals surface area contributed by atoms with Gasteiger partial charge in [0, 0.05) is 22.5 Å². The van der Waals surface area contributed by atoms with Crippen LogP contribution >= 0.6 is 0 Å². The minimum atomic E-state index is 0.220. The summed E-state index contributed by atoms with van der Waals surface area (Å²) in [7, 11) is 0. The van der Waals surface area contributed by atoms with Gasteiger partial charge in [0.05, 0.1) is 17.8 Å². The van der Waals surface area contributed by atoms with Gasteiger partial charge in [0.2, 0.25) is 0 Å². The molecule has 0 fully saturated rings. The van der Waals surface area contributed by atoms with Gasteiger partial charge in [-0.15, -0.1) is 0 Å². The fourth-order valence-electron chi connectivity index (χ4n) is 3.40. The summed E-state index contributed by atoms with van der Waals surface area (Å²) in [6, 6.07) is 14.1.